The second kappa shape index (κ2) is 7.26. The fourth-order valence-corrected chi connectivity index (χ4v) is 3.35. The van der Waals surface area contributed by atoms with Crippen molar-refractivity contribution in [3.8, 4) is 0 Å². The van der Waals surface area contributed by atoms with Gasteiger partial charge in [-0.25, -0.2) is 4.39 Å². The Bertz CT molecular complexity index is 452. The number of carbonyl (C=O) groups excluding carboxylic acids is 1. The standard InChI is InChI=1S/C13H16BrFN2OS/c14-12-10(2-1-3-11(12)15)13(18)16-4-5-17-6-8-19-9-7-17/h1-3H,4-9H2,(H,16,18). The Morgan fingerprint density at radius 2 is 2.16 bits per heavy atom. The van der Waals surface area contributed by atoms with Gasteiger partial charge >= 0.3 is 0 Å². The van der Waals surface area contributed by atoms with Gasteiger partial charge in [0.05, 0.1) is 10.0 Å². The summed E-state index contributed by atoms with van der Waals surface area (Å²) in [4.78, 5) is 14.3. The van der Waals surface area contributed by atoms with Crippen LogP contribution in [0.2, 0.25) is 0 Å². The Kier molecular flexibility index (Phi) is 5.66. The summed E-state index contributed by atoms with van der Waals surface area (Å²) < 4.78 is 13.5. The number of rotatable bonds is 4. The highest BCUT2D eigenvalue weighted by atomic mass is 79.9. The molecule has 1 saturated heterocycles. The smallest absolute Gasteiger partial charge is 0.252 e. The highest BCUT2D eigenvalue weighted by Gasteiger charge is 2.14. The Hall–Kier alpha value is -0.590. The first kappa shape index (κ1) is 14.8. The number of hydrogen-bond donors (Lipinski definition) is 1. The van der Waals surface area contributed by atoms with Crippen molar-refractivity contribution in [1.29, 1.82) is 0 Å². The molecule has 1 aromatic carbocycles. The fraction of sp³-hybridized carbons (Fsp3) is 0.462. The SMILES string of the molecule is O=C(NCCN1CCSCC1)c1cccc(F)c1Br. The van der Waals surface area contributed by atoms with Gasteiger partial charge in [-0.05, 0) is 28.1 Å². The van der Waals surface area contributed by atoms with E-state index in [-0.39, 0.29) is 10.4 Å². The monoisotopic (exact) mass is 346 g/mol. The van der Waals surface area contributed by atoms with E-state index < -0.39 is 5.82 Å². The molecule has 1 amide bonds. The van der Waals surface area contributed by atoms with Crippen molar-refractivity contribution in [3.63, 3.8) is 0 Å². The second-order valence-electron chi connectivity index (χ2n) is 4.31. The topological polar surface area (TPSA) is 32.3 Å². The Morgan fingerprint density at radius 1 is 1.42 bits per heavy atom. The van der Waals surface area contributed by atoms with Crippen LogP contribution in [0, 0.1) is 5.82 Å². The van der Waals surface area contributed by atoms with Crippen LogP contribution in [0.25, 0.3) is 0 Å². The molecule has 0 aromatic heterocycles. The van der Waals surface area contributed by atoms with Gasteiger partial charge in [-0.2, -0.15) is 11.8 Å². The van der Waals surface area contributed by atoms with E-state index in [1.54, 1.807) is 6.07 Å². The van der Waals surface area contributed by atoms with Crippen LogP contribution in [-0.4, -0.2) is 48.5 Å². The van der Waals surface area contributed by atoms with E-state index >= 15 is 0 Å². The number of amides is 1. The van der Waals surface area contributed by atoms with Crippen molar-refractivity contribution in [2.45, 2.75) is 0 Å². The lowest BCUT2D eigenvalue weighted by atomic mass is 10.2. The molecule has 1 N–H and O–H groups in total. The molecule has 0 aliphatic carbocycles. The second-order valence-corrected chi connectivity index (χ2v) is 6.33. The van der Waals surface area contributed by atoms with Crippen LogP contribution in [0.4, 0.5) is 4.39 Å². The molecule has 0 radical (unpaired) electrons. The minimum atomic E-state index is -0.416. The molecule has 3 nitrogen and oxygen atoms in total. The van der Waals surface area contributed by atoms with E-state index in [0.29, 0.717) is 12.1 Å². The first-order chi connectivity index (χ1) is 9.18. The summed E-state index contributed by atoms with van der Waals surface area (Å²) in [5.74, 6) is 1.66. The van der Waals surface area contributed by atoms with Crippen LogP contribution in [0.5, 0.6) is 0 Å². The summed E-state index contributed by atoms with van der Waals surface area (Å²) in [6, 6.07) is 4.48. The summed E-state index contributed by atoms with van der Waals surface area (Å²) in [5.41, 5.74) is 0.342. The highest BCUT2D eigenvalue weighted by Crippen LogP contribution is 2.20. The van der Waals surface area contributed by atoms with Gasteiger partial charge < -0.3 is 5.32 Å². The van der Waals surface area contributed by atoms with Gasteiger partial charge in [-0.1, -0.05) is 6.07 Å². The van der Waals surface area contributed by atoms with Crippen molar-refractivity contribution in [2.75, 3.05) is 37.7 Å². The third-order valence-corrected chi connectivity index (χ3v) is 4.76. The molecule has 0 atom stereocenters. The lowest BCUT2D eigenvalue weighted by Crippen LogP contribution is -2.39. The molecule has 104 valence electrons. The molecule has 6 heteroatoms. The minimum Gasteiger partial charge on any atom is -0.351 e. The maximum atomic E-state index is 13.3. The van der Waals surface area contributed by atoms with Gasteiger partial charge in [0.1, 0.15) is 5.82 Å². The van der Waals surface area contributed by atoms with Crippen LogP contribution in [0.15, 0.2) is 22.7 Å². The summed E-state index contributed by atoms with van der Waals surface area (Å²) in [7, 11) is 0. The van der Waals surface area contributed by atoms with Gasteiger partial charge in [0.2, 0.25) is 0 Å². The number of hydrogen-bond acceptors (Lipinski definition) is 3. The molecule has 2 rings (SSSR count). The zero-order valence-corrected chi connectivity index (χ0v) is 12.9. The van der Waals surface area contributed by atoms with Crippen LogP contribution in [0.1, 0.15) is 10.4 Å². The number of benzene rings is 1. The molecular weight excluding hydrogens is 331 g/mol. The normalized spacial score (nSPS) is 16.3. The molecule has 1 fully saturated rings. The summed E-state index contributed by atoms with van der Waals surface area (Å²) in [6.45, 7) is 3.58. The van der Waals surface area contributed by atoms with Gasteiger partial charge in [-0.3, -0.25) is 9.69 Å². The molecule has 0 spiro atoms. The number of nitrogens with one attached hydrogen (secondary N) is 1. The number of carbonyl (C=O) groups is 1. The van der Waals surface area contributed by atoms with Crippen molar-refractivity contribution >= 4 is 33.6 Å². The lowest BCUT2D eigenvalue weighted by molar-refractivity contribution is 0.0947. The number of nitrogens with zero attached hydrogens (tertiary/aromatic N) is 1. The summed E-state index contributed by atoms with van der Waals surface area (Å²) in [5, 5.41) is 2.83. The van der Waals surface area contributed by atoms with Crippen LogP contribution in [-0.2, 0) is 0 Å². The maximum Gasteiger partial charge on any atom is 0.252 e. The molecule has 1 aliphatic heterocycles. The van der Waals surface area contributed by atoms with E-state index in [1.165, 1.54) is 12.1 Å². The first-order valence-corrected chi connectivity index (χ1v) is 8.15. The van der Waals surface area contributed by atoms with E-state index in [4.69, 9.17) is 0 Å². The first-order valence-electron chi connectivity index (χ1n) is 6.21. The van der Waals surface area contributed by atoms with Crippen LogP contribution < -0.4 is 5.32 Å². The fourth-order valence-electron chi connectivity index (χ4n) is 1.93. The largest absolute Gasteiger partial charge is 0.351 e. The molecule has 19 heavy (non-hydrogen) atoms. The average molecular weight is 347 g/mol. The van der Waals surface area contributed by atoms with Crippen LogP contribution >= 0.6 is 27.7 Å². The predicted octanol–water partition coefficient (Wildman–Crippen LogP) is 2.37. The number of thioether (sulfide) groups is 1. The van der Waals surface area contributed by atoms with Crippen molar-refractivity contribution in [2.24, 2.45) is 0 Å². The highest BCUT2D eigenvalue weighted by molar-refractivity contribution is 9.10. The van der Waals surface area contributed by atoms with Gasteiger partial charge in [0, 0.05) is 37.7 Å². The quantitative estimate of drug-likeness (QED) is 0.908. The molecular formula is C13H16BrFN2OS. The number of halogens is 2. The predicted molar refractivity (Wildman–Crippen MR) is 80.2 cm³/mol. The molecule has 0 saturated carbocycles. The molecule has 0 unspecified atom stereocenters. The Balaban J connectivity index is 1.82. The molecule has 0 bridgehead atoms. The van der Waals surface area contributed by atoms with Crippen molar-refractivity contribution in [1.82, 2.24) is 10.2 Å². The van der Waals surface area contributed by atoms with Crippen molar-refractivity contribution in [3.05, 3.63) is 34.1 Å². The van der Waals surface area contributed by atoms with Crippen molar-refractivity contribution < 1.29 is 9.18 Å². The van der Waals surface area contributed by atoms with E-state index in [0.717, 1.165) is 31.1 Å². The zero-order valence-electron chi connectivity index (χ0n) is 10.5. The average Bonchev–Trinajstić information content (AvgIpc) is 2.43. The third-order valence-electron chi connectivity index (χ3n) is 3.01. The van der Waals surface area contributed by atoms with Gasteiger partial charge in [0.25, 0.3) is 5.91 Å². The lowest BCUT2D eigenvalue weighted by Gasteiger charge is -2.26. The Morgan fingerprint density at radius 3 is 2.89 bits per heavy atom. The maximum absolute atomic E-state index is 13.3. The molecule has 1 heterocycles. The van der Waals surface area contributed by atoms with E-state index in [1.807, 2.05) is 11.8 Å². The Labute approximate surface area is 125 Å². The van der Waals surface area contributed by atoms with Gasteiger partial charge in [0.15, 0.2) is 0 Å². The summed E-state index contributed by atoms with van der Waals surface area (Å²) >= 11 is 5.06. The molecule has 1 aromatic rings. The van der Waals surface area contributed by atoms with Gasteiger partial charge in [-0.15, -0.1) is 0 Å². The summed E-state index contributed by atoms with van der Waals surface area (Å²) in [6.07, 6.45) is 0. The molecule has 1 aliphatic rings. The zero-order chi connectivity index (χ0) is 13.7. The van der Waals surface area contributed by atoms with E-state index in [2.05, 4.69) is 26.1 Å². The van der Waals surface area contributed by atoms with E-state index in [9.17, 15) is 9.18 Å². The minimum absolute atomic E-state index is 0.224. The van der Waals surface area contributed by atoms with Crippen LogP contribution in [0.3, 0.4) is 0 Å². The third kappa shape index (κ3) is 4.19.